The molecule has 0 radical (unpaired) electrons. The molecule has 144 valence electrons. The third-order valence-corrected chi connectivity index (χ3v) is 6.29. The summed E-state index contributed by atoms with van der Waals surface area (Å²) < 4.78 is 25.1. The molecule has 0 fully saturated rings. The molecule has 4 nitrogen and oxygen atoms in total. The van der Waals surface area contributed by atoms with Crippen molar-refractivity contribution in [3.05, 3.63) is 95.5 Å². The molecule has 0 atom stereocenters. The first kappa shape index (κ1) is 20.1. The van der Waals surface area contributed by atoms with E-state index in [-0.39, 0.29) is 23.0 Å². The summed E-state index contributed by atoms with van der Waals surface area (Å²) in [5.74, 6) is -0.501. The van der Waals surface area contributed by atoms with Crippen molar-refractivity contribution >= 4 is 33.0 Å². The summed E-state index contributed by atoms with van der Waals surface area (Å²) in [5, 5.41) is 0.466. The molecular formula is C22H20ClNO3S. The molecule has 0 N–H and O–H groups in total. The van der Waals surface area contributed by atoms with Crippen molar-refractivity contribution in [1.82, 2.24) is 0 Å². The lowest BCUT2D eigenvalue weighted by molar-refractivity contribution is -0.118. The molecule has 0 aromatic heterocycles. The van der Waals surface area contributed by atoms with Gasteiger partial charge in [0.2, 0.25) is 5.91 Å². The molecule has 0 heterocycles. The highest BCUT2D eigenvalue weighted by molar-refractivity contribution is 7.91. The van der Waals surface area contributed by atoms with E-state index >= 15 is 0 Å². The number of rotatable bonds is 7. The van der Waals surface area contributed by atoms with Crippen LogP contribution in [-0.4, -0.2) is 20.1 Å². The predicted molar refractivity (Wildman–Crippen MR) is 112 cm³/mol. The van der Waals surface area contributed by atoms with Crippen LogP contribution in [0.4, 0.5) is 5.69 Å². The number of carbonyl (C=O) groups excluding carboxylic acids is 1. The van der Waals surface area contributed by atoms with Gasteiger partial charge in [0, 0.05) is 17.1 Å². The third-order valence-electron chi connectivity index (χ3n) is 4.31. The molecule has 0 aliphatic heterocycles. The van der Waals surface area contributed by atoms with Crippen LogP contribution >= 0.6 is 11.6 Å². The Labute approximate surface area is 170 Å². The minimum absolute atomic E-state index is 0.104. The molecule has 28 heavy (non-hydrogen) atoms. The minimum atomic E-state index is -3.57. The number of sulfone groups is 1. The van der Waals surface area contributed by atoms with Gasteiger partial charge >= 0.3 is 0 Å². The Bertz CT molecular complexity index is 1020. The van der Waals surface area contributed by atoms with Crippen molar-refractivity contribution in [2.45, 2.75) is 17.9 Å². The van der Waals surface area contributed by atoms with E-state index in [0.717, 1.165) is 11.3 Å². The highest BCUT2D eigenvalue weighted by atomic mass is 35.5. The molecule has 0 aliphatic rings. The Morgan fingerprint density at radius 2 is 1.39 bits per heavy atom. The highest BCUT2D eigenvalue weighted by Crippen LogP contribution is 2.20. The van der Waals surface area contributed by atoms with Gasteiger partial charge in [0.05, 0.1) is 17.2 Å². The monoisotopic (exact) mass is 413 g/mol. The Morgan fingerprint density at radius 1 is 0.821 bits per heavy atom. The van der Waals surface area contributed by atoms with E-state index in [2.05, 4.69) is 0 Å². The second-order valence-corrected chi connectivity index (χ2v) is 8.87. The lowest BCUT2D eigenvalue weighted by Gasteiger charge is -2.23. The van der Waals surface area contributed by atoms with E-state index in [1.165, 1.54) is 24.3 Å². The number of carbonyl (C=O) groups is 1. The van der Waals surface area contributed by atoms with Crippen LogP contribution in [-0.2, 0) is 21.2 Å². The Hall–Kier alpha value is -2.63. The van der Waals surface area contributed by atoms with Crippen LogP contribution in [0.2, 0.25) is 5.02 Å². The predicted octanol–water partition coefficient (Wildman–Crippen LogP) is 4.74. The van der Waals surface area contributed by atoms with Crippen LogP contribution in [0, 0.1) is 0 Å². The summed E-state index contributed by atoms with van der Waals surface area (Å²) >= 11 is 5.82. The van der Waals surface area contributed by atoms with Crippen LogP contribution < -0.4 is 4.90 Å². The molecule has 1 amide bonds. The molecular weight excluding hydrogens is 394 g/mol. The van der Waals surface area contributed by atoms with Gasteiger partial charge in [-0.2, -0.15) is 0 Å². The lowest BCUT2D eigenvalue weighted by Crippen LogP contribution is -2.31. The summed E-state index contributed by atoms with van der Waals surface area (Å²) in [5.41, 5.74) is 1.71. The number of hydrogen-bond donors (Lipinski definition) is 0. The molecule has 0 bridgehead atoms. The van der Waals surface area contributed by atoms with Crippen molar-refractivity contribution in [3.8, 4) is 0 Å². The largest absolute Gasteiger partial charge is 0.308 e. The number of nitrogens with zero attached hydrogens (tertiary/aromatic N) is 1. The average Bonchev–Trinajstić information content (AvgIpc) is 2.72. The number of hydrogen-bond acceptors (Lipinski definition) is 3. The Morgan fingerprint density at radius 3 is 2.00 bits per heavy atom. The van der Waals surface area contributed by atoms with Gasteiger partial charge in [0.25, 0.3) is 0 Å². The SMILES string of the molecule is O=C(CCS(=O)(=O)c1ccc(Cl)cc1)N(Cc1ccccc1)c1ccccc1. The average molecular weight is 414 g/mol. The number of anilines is 1. The fraction of sp³-hybridized carbons (Fsp3) is 0.136. The van der Waals surface area contributed by atoms with Gasteiger partial charge in [-0.3, -0.25) is 4.79 Å². The third kappa shape index (κ3) is 5.21. The van der Waals surface area contributed by atoms with Gasteiger partial charge in [-0.1, -0.05) is 60.1 Å². The van der Waals surface area contributed by atoms with Gasteiger partial charge in [-0.05, 0) is 42.0 Å². The summed E-state index contributed by atoms with van der Waals surface area (Å²) in [6, 6.07) is 24.9. The van der Waals surface area contributed by atoms with Crippen molar-refractivity contribution in [1.29, 1.82) is 0 Å². The second kappa shape index (κ2) is 9.04. The molecule has 3 rings (SSSR count). The number of amides is 1. The first-order valence-electron chi connectivity index (χ1n) is 8.83. The molecule has 0 saturated carbocycles. The van der Waals surface area contributed by atoms with Gasteiger partial charge in [0.15, 0.2) is 9.84 Å². The lowest BCUT2D eigenvalue weighted by atomic mass is 10.2. The maximum Gasteiger partial charge on any atom is 0.228 e. The number of halogens is 1. The normalized spacial score (nSPS) is 11.2. The van der Waals surface area contributed by atoms with E-state index in [9.17, 15) is 13.2 Å². The van der Waals surface area contributed by atoms with Crippen LogP contribution in [0.3, 0.4) is 0 Å². The summed E-state index contributed by atoms with van der Waals surface area (Å²) in [6.07, 6.45) is -0.104. The fourth-order valence-electron chi connectivity index (χ4n) is 2.81. The molecule has 0 saturated heterocycles. The van der Waals surface area contributed by atoms with Crippen molar-refractivity contribution in [2.24, 2.45) is 0 Å². The van der Waals surface area contributed by atoms with Crippen LogP contribution in [0.5, 0.6) is 0 Å². The van der Waals surface area contributed by atoms with Crippen molar-refractivity contribution in [3.63, 3.8) is 0 Å². The van der Waals surface area contributed by atoms with Gasteiger partial charge in [-0.25, -0.2) is 8.42 Å². The van der Waals surface area contributed by atoms with Gasteiger partial charge in [0.1, 0.15) is 0 Å². The van der Waals surface area contributed by atoms with Crippen LogP contribution in [0.15, 0.2) is 89.8 Å². The first-order valence-corrected chi connectivity index (χ1v) is 10.9. The maximum absolute atomic E-state index is 12.9. The van der Waals surface area contributed by atoms with E-state index in [1.807, 2.05) is 60.7 Å². The standard InChI is InChI=1S/C22H20ClNO3S/c23-19-11-13-21(14-12-19)28(26,27)16-15-22(25)24(20-9-5-2-6-10-20)17-18-7-3-1-4-8-18/h1-14H,15-17H2. The quantitative estimate of drug-likeness (QED) is 0.562. The molecule has 0 aliphatic carbocycles. The van der Waals surface area contributed by atoms with E-state index in [1.54, 1.807) is 4.90 Å². The second-order valence-electron chi connectivity index (χ2n) is 6.32. The smallest absolute Gasteiger partial charge is 0.228 e. The summed E-state index contributed by atoms with van der Waals surface area (Å²) in [6.45, 7) is 0.380. The maximum atomic E-state index is 12.9. The fourth-order valence-corrected chi connectivity index (χ4v) is 4.17. The first-order chi connectivity index (χ1) is 13.5. The Balaban J connectivity index is 1.77. The molecule has 3 aromatic rings. The van der Waals surface area contributed by atoms with E-state index in [0.29, 0.717) is 11.6 Å². The molecule has 3 aromatic carbocycles. The Kier molecular flexibility index (Phi) is 6.49. The van der Waals surface area contributed by atoms with Crippen LogP contribution in [0.25, 0.3) is 0 Å². The summed E-state index contributed by atoms with van der Waals surface area (Å²) in [7, 11) is -3.57. The van der Waals surface area contributed by atoms with Crippen LogP contribution in [0.1, 0.15) is 12.0 Å². The zero-order chi connectivity index (χ0) is 20.0. The minimum Gasteiger partial charge on any atom is -0.308 e. The summed E-state index contributed by atoms with van der Waals surface area (Å²) in [4.78, 5) is 14.7. The van der Waals surface area contributed by atoms with E-state index < -0.39 is 9.84 Å². The van der Waals surface area contributed by atoms with Gasteiger partial charge < -0.3 is 4.90 Å². The number of para-hydroxylation sites is 1. The highest BCUT2D eigenvalue weighted by Gasteiger charge is 2.21. The molecule has 0 unspecified atom stereocenters. The molecule has 0 spiro atoms. The van der Waals surface area contributed by atoms with Gasteiger partial charge in [-0.15, -0.1) is 0 Å². The number of benzene rings is 3. The topological polar surface area (TPSA) is 54.5 Å². The van der Waals surface area contributed by atoms with Crippen molar-refractivity contribution < 1.29 is 13.2 Å². The zero-order valence-corrected chi connectivity index (χ0v) is 16.7. The molecule has 6 heteroatoms. The van der Waals surface area contributed by atoms with Crippen molar-refractivity contribution in [2.75, 3.05) is 10.7 Å². The van der Waals surface area contributed by atoms with E-state index in [4.69, 9.17) is 11.6 Å². The zero-order valence-electron chi connectivity index (χ0n) is 15.2.